The van der Waals surface area contributed by atoms with Crippen molar-refractivity contribution in [3.05, 3.63) is 18.2 Å². The van der Waals surface area contributed by atoms with Gasteiger partial charge >= 0.3 is 0 Å². The molecule has 20 heavy (non-hydrogen) atoms. The van der Waals surface area contributed by atoms with Crippen LogP contribution in [0, 0.1) is 0 Å². The van der Waals surface area contributed by atoms with Crippen molar-refractivity contribution in [2.45, 2.75) is 13.3 Å². The van der Waals surface area contributed by atoms with Crippen LogP contribution in [0.1, 0.15) is 13.3 Å². The van der Waals surface area contributed by atoms with E-state index in [2.05, 4.69) is 5.32 Å². The van der Waals surface area contributed by atoms with Crippen molar-refractivity contribution in [3.63, 3.8) is 0 Å². The molecule has 0 aliphatic heterocycles. The van der Waals surface area contributed by atoms with Crippen LogP contribution in [-0.4, -0.2) is 32.9 Å². The van der Waals surface area contributed by atoms with Crippen LogP contribution >= 0.6 is 12.4 Å². The van der Waals surface area contributed by atoms with Crippen molar-refractivity contribution >= 4 is 39.5 Å². The van der Waals surface area contributed by atoms with Gasteiger partial charge in [0.25, 0.3) is 0 Å². The van der Waals surface area contributed by atoms with Crippen LogP contribution in [0.3, 0.4) is 0 Å². The number of carbonyl (C=O) groups is 1. The molecule has 1 aromatic rings. The van der Waals surface area contributed by atoms with Gasteiger partial charge in [0, 0.05) is 5.69 Å². The predicted octanol–water partition coefficient (Wildman–Crippen LogP) is 1.46. The van der Waals surface area contributed by atoms with Gasteiger partial charge in [-0.25, -0.2) is 8.42 Å². The zero-order valence-corrected chi connectivity index (χ0v) is 13.0. The minimum absolute atomic E-state index is 0. The number of anilines is 2. The summed E-state index contributed by atoms with van der Waals surface area (Å²) in [5.74, 6) is -0.590. The molecule has 0 heterocycles. The van der Waals surface area contributed by atoms with E-state index in [1.807, 2.05) is 0 Å². The lowest BCUT2D eigenvalue weighted by Crippen LogP contribution is -2.24. The summed E-state index contributed by atoms with van der Waals surface area (Å²) in [6, 6.07) is 4.72. The Bertz CT molecular complexity index is 561. The van der Waals surface area contributed by atoms with E-state index in [1.54, 1.807) is 19.1 Å². The summed E-state index contributed by atoms with van der Waals surface area (Å²) in [6.07, 6.45) is 0.491. The normalized spacial score (nSPS) is 10.5. The summed E-state index contributed by atoms with van der Waals surface area (Å²) in [5.41, 5.74) is 6.50. The number of hydrogen-bond acceptors (Lipinski definition) is 5. The summed E-state index contributed by atoms with van der Waals surface area (Å²) in [4.78, 5) is 11.6. The quantitative estimate of drug-likeness (QED) is 0.773. The van der Waals surface area contributed by atoms with E-state index in [1.165, 1.54) is 13.2 Å². The number of carbonyl (C=O) groups excluding carboxylic acids is 1. The third-order valence-corrected chi connectivity index (χ3v) is 4.11. The summed E-state index contributed by atoms with van der Waals surface area (Å²) in [6.45, 7) is 1.75. The first-order chi connectivity index (χ1) is 8.88. The number of nitrogens with one attached hydrogen (secondary N) is 1. The number of halogens is 1. The molecule has 1 amide bonds. The SMILES string of the molecule is CCCS(=O)(=O)CC(=O)Nc1ccc(OC)c(N)c1.Cl. The number of sulfone groups is 1. The Morgan fingerprint density at radius 3 is 2.55 bits per heavy atom. The number of nitrogen functional groups attached to an aromatic ring is 1. The molecule has 0 spiro atoms. The van der Waals surface area contributed by atoms with Gasteiger partial charge in [-0.3, -0.25) is 4.79 Å². The molecular formula is C12H19ClN2O4S. The van der Waals surface area contributed by atoms with Gasteiger partial charge in [-0.15, -0.1) is 12.4 Å². The summed E-state index contributed by atoms with van der Waals surface area (Å²) in [7, 11) is -1.85. The first-order valence-electron chi connectivity index (χ1n) is 5.81. The van der Waals surface area contributed by atoms with Gasteiger partial charge in [0.15, 0.2) is 9.84 Å². The Labute approximate surface area is 125 Å². The molecule has 0 saturated heterocycles. The first kappa shape index (κ1) is 18.5. The third-order valence-electron chi connectivity index (χ3n) is 2.38. The standard InChI is InChI=1S/C12H18N2O4S.ClH/c1-3-6-19(16,17)8-12(15)14-9-4-5-11(18-2)10(13)7-9;/h4-5,7H,3,6,8,13H2,1-2H3,(H,14,15);1H. The molecular weight excluding hydrogens is 304 g/mol. The summed E-state index contributed by atoms with van der Waals surface area (Å²) < 4.78 is 28.0. The van der Waals surface area contributed by atoms with Crippen LogP contribution in [0.2, 0.25) is 0 Å². The number of ether oxygens (including phenoxy) is 1. The molecule has 0 fully saturated rings. The molecule has 6 nitrogen and oxygen atoms in total. The van der Waals surface area contributed by atoms with E-state index < -0.39 is 21.5 Å². The fraction of sp³-hybridized carbons (Fsp3) is 0.417. The van der Waals surface area contributed by atoms with Gasteiger partial charge in [0.2, 0.25) is 5.91 Å². The zero-order valence-electron chi connectivity index (χ0n) is 11.4. The zero-order chi connectivity index (χ0) is 14.5. The molecule has 0 aromatic heterocycles. The van der Waals surface area contributed by atoms with Crippen molar-refractivity contribution in [1.29, 1.82) is 0 Å². The highest BCUT2D eigenvalue weighted by atomic mass is 35.5. The van der Waals surface area contributed by atoms with Gasteiger partial charge < -0.3 is 15.8 Å². The third kappa shape index (κ3) is 5.66. The molecule has 114 valence electrons. The average molecular weight is 323 g/mol. The minimum atomic E-state index is -3.34. The van der Waals surface area contributed by atoms with Gasteiger partial charge in [-0.1, -0.05) is 6.92 Å². The number of hydrogen-bond donors (Lipinski definition) is 2. The van der Waals surface area contributed by atoms with Crippen molar-refractivity contribution in [3.8, 4) is 5.75 Å². The molecule has 0 saturated carbocycles. The van der Waals surface area contributed by atoms with E-state index in [0.717, 1.165) is 0 Å². The molecule has 0 radical (unpaired) electrons. The number of amides is 1. The smallest absolute Gasteiger partial charge is 0.239 e. The monoisotopic (exact) mass is 322 g/mol. The molecule has 8 heteroatoms. The molecule has 0 atom stereocenters. The van der Waals surface area contributed by atoms with E-state index in [0.29, 0.717) is 23.5 Å². The Morgan fingerprint density at radius 1 is 1.40 bits per heavy atom. The number of benzene rings is 1. The molecule has 3 N–H and O–H groups in total. The molecule has 0 aliphatic rings. The second kappa shape index (κ2) is 7.96. The van der Waals surface area contributed by atoms with Crippen LogP contribution in [0.15, 0.2) is 18.2 Å². The Morgan fingerprint density at radius 2 is 2.05 bits per heavy atom. The lowest BCUT2D eigenvalue weighted by atomic mass is 10.2. The van der Waals surface area contributed by atoms with Crippen LogP contribution < -0.4 is 15.8 Å². The number of nitrogens with two attached hydrogens (primary N) is 1. The fourth-order valence-corrected chi connectivity index (χ4v) is 2.83. The topological polar surface area (TPSA) is 98.5 Å². The van der Waals surface area contributed by atoms with Gasteiger partial charge in [0.1, 0.15) is 11.5 Å². The van der Waals surface area contributed by atoms with Crippen LogP contribution in [0.4, 0.5) is 11.4 Å². The maximum atomic E-state index is 11.6. The van der Waals surface area contributed by atoms with E-state index in [4.69, 9.17) is 10.5 Å². The maximum Gasteiger partial charge on any atom is 0.239 e. The number of methoxy groups -OCH3 is 1. The Balaban J connectivity index is 0.00000361. The lowest BCUT2D eigenvalue weighted by Gasteiger charge is -2.09. The highest BCUT2D eigenvalue weighted by Gasteiger charge is 2.15. The van der Waals surface area contributed by atoms with Crippen molar-refractivity contribution in [1.82, 2.24) is 0 Å². The van der Waals surface area contributed by atoms with Crippen molar-refractivity contribution in [2.24, 2.45) is 0 Å². The minimum Gasteiger partial charge on any atom is -0.495 e. The Hall–Kier alpha value is -1.47. The van der Waals surface area contributed by atoms with E-state index >= 15 is 0 Å². The van der Waals surface area contributed by atoms with Gasteiger partial charge in [0.05, 0.1) is 18.6 Å². The van der Waals surface area contributed by atoms with E-state index in [-0.39, 0.29) is 18.2 Å². The van der Waals surface area contributed by atoms with Gasteiger partial charge in [-0.05, 0) is 24.6 Å². The largest absolute Gasteiger partial charge is 0.495 e. The van der Waals surface area contributed by atoms with Gasteiger partial charge in [-0.2, -0.15) is 0 Å². The van der Waals surface area contributed by atoms with E-state index in [9.17, 15) is 13.2 Å². The molecule has 1 aromatic carbocycles. The van der Waals surface area contributed by atoms with Crippen LogP contribution in [0.25, 0.3) is 0 Å². The fourth-order valence-electron chi connectivity index (χ4n) is 1.59. The lowest BCUT2D eigenvalue weighted by molar-refractivity contribution is -0.113. The second-order valence-electron chi connectivity index (χ2n) is 4.10. The number of rotatable bonds is 6. The maximum absolute atomic E-state index is 11.6. The Kier molecular flexibility index (Phi) is 7.38. The highest BCUT2D eigenvalue weighted by molar-refractivity contribution is 7.92. The first-order valence-corrected chi connectivity index (χ1v) is 7.64. The highest BCUT2D eigenvalue weighted by Crippen LogP contribution is 2.24. The van der Waals surface area contributed by atoms with Crippen LogP contribution in [0.5, 0.6) is 5.75 Å². The van der Waals surface area contributed by atoms with Crippen molar-refractivity contribution in [2.75, 3.05) is 29.7 Å². The van der Waals surface area contributed by atoms with Crippen LogP contribution in [-0.2, 0) is 14.6 Å². The van der Waals surface area contributed by atoms with Crippen molar-refractivity contribution < 1.29 is 17.9 Å². The molecule has 0 unspecified atom stereocenters. The molecule has 0 aliphatic carbocycles. The predicted molar refractivity (Wildman–Crippen MR) is 82.2 cm³/mol. The second-order valence-corrected chi connectivity index (χ2v) is 6.28. The summed E-state index contributed by atoms with van der Waals surface area (Å²) in [5, 5.41) is 2.49. The molecule has 0 bridgehead atoms. The average Bonchev–Trinajstić information content (AvgIpc) is 2.27. The summed E-state index contributed by atoms with van der Waals surface area (Å²) >= 11 is 0. The molecule has 1 rings (SSSR count).